The fraction of sp³-hybridized carbons (Fsp3) is 0.714. The first kappa shape index (κ1) is 19.9. The summed E-state index contributed by atoms with van der Waals surface area (Å²) in [5, 5.41) is 1.12. The molecule has 7 heteroatoms. The van der Waals surface area contributed by atoms with Crippen LogP contribution in [0.3, 0.4) is 0 Å². The molecule has 2 aromatic rings. The van der Waals surface area contributed by atoms with Crippen LogP contribution in [-0.2, 0) is 11.5 Å². The molecule has 6 nitrogen and oxygen atoms in total. The summed E-state index contributed by atoms with van der Waals surface area (Å²) in [6, 6.07) is 3.89. The smallest absolute Gasteiger partial charge is 0.147 e. The summed E-state index contributed by atoms with van der Waals surface area (Å²) in [6.45, 7) is 9.36. The van der Waals surface area contributed by atoms with E-state index in [0.29, 0.717) is 18.2 Å². The summed E-state index contributed by atoms with van der Waals surface area (Å²) < 4.78 is 8.02. The molecule has 2 aromatic heterocycles. The van der Waals surface area contributed by atoms with Gasteiger partial charge in [-0.05, 0) is 55.7 Å². The molecule has 2 aliphatic carbocycles. The lowest BCUT2D eigenvalue weighted by atomic mass is 9.50. The molecular weight excluding hydrogens is 366 g/mol. The topological polar surface area (TPSA) is 69.2 Å². The molecule has 2 heterocycles. The Morgan fingerprint density at radius 1 is 1.25 bits per heavy atom. The van der Waals surface area contributed by atoms with E-state index in [1.807, 2.05) is 0 Å². The highest BCUT2D eigenvalue weighted by molar-refractivity contribution is 6.76. The van der Waals surface area contributed by atoms with Crippen LogP contribution in [0.5, 0.6) is 0 Å². The number of rotatable bonds is 8. The molecule has 0 bridgehead atoms. The fourth-order valence-corrected chi connectivity index (χ4v) is 5.73. The first-order valence-corrected chi connectivity index (χ1v) is 14.3. The molecule has 1 spiro atoms. The van der Waals surface area contributed by atoms with Gasteiger partial charge in [-0.2, -0.15) is 0 Å². The standard InChI is InChI=1S/C21H35N5OSi/c1-25(17-11-21(12-17)9-16(10-21)13-22)19-18-5-6-26(20(18)24-14-23-19)15-27-7-8-28(2,3)4/h5-6,14,16-17H,7-13,15,22H2,1-4H3. The van der Waals surface area contributed by atoms with Gasteiger partial charge in [0.05, 0.1) is 5.39 Å². The molecule has 0 atom stereocenters. The lowest BCUT2D eigenvalue weighted by molar-refractivity contribution is -0.0362. The lowest BCUT2D eigenvalue weighted by Gasteiger charge is -2.59. The van der Waals surface area contributed by atoms with E-state index in [2.05, 4.69) is 58.4 Å². The van der Waals surface area contributed by atoms with E-state index in [-0.39, 0.29) is 0 Å². The second kappa shape index (κ2) is 7.43. The summed E-state index contributed by atoms with van der Waals surface area (Å²) in [7, 11) is 1.12. The van der Waals surface area contributed by atoms with Crippen molar-refractivity contribution in [3.63, 3.8) is 0 Å². The Bertz CT molecular complexity index is 816. The molecule has 2 N–H and O–H groups in total. The second-order valence-electron chi connectivity index (χ2n) is 10.3. The molecule has 28 heavy (non-hydrogen) atoms. The van der Waals surface area contributed by atoms with Crippen LogP contribution in [0.1, 0.15) is 25.7 Å². The number of aromatic nitrogens is 3. The van der Waals surface area contributed by atoms with Crippen LogP contribution in [0.4, 0.5) is 5.82 Å². The second-order valence-corrected chi connectivity index (χ2v) is 15.9. The van der Waals surface area contributed by atoms with E-state index < -0.39 is 8.07 Å². The fourth-order valence-electron chi connectivity index (χ4n) is 4.97. The van der Waals surface area contributed by atoms with Crippen LogP contribution < -0.4 is 10.6 Å². The van der Waals surface area contributed by atoms with E-state index in [1.165, 1.54) is 31.7 Å². The molecule has 154 valence electrons. The van der Waals surface area contributed by atoms with Crippen LogP contribution in [0.15, 0.2) is 18.6 Å². The van der Waals surface area contributed by atoms with Gasteiger partial charge in [0.2, 0.25) is 0 Å². The molecule has 2 saturated carbocycles. The van der Waals surface area contributed by atoms with Crippen LogP contribution in [0, 0.1) is 11.3 Å². The van der Waals surface area contributed by atoms with E-state index >= 15 is 0 Å². The first-order chi connectivity index (χ1) is 13.3. The molecule has 0 aliphatic heterocycles. The predicted octanol–water partition coefficient (Wildman–Crippen LogP) is 3.70. The van der Waals surface area contributed by atoms with E-state index in [1.54, 1.807) is 6.33 Å². The van der Waals surface area contributed by atoms with Crippen molar-refractivity contribution >= 4 is 24.9 Å². The monoisotopic (exact) mass is 401 g/mol. The van der Waals surface area contributed by atoms with Crippen molar-refractivity contribution in [2.24, 2.45) is 17.1 Å². The minimum absolute atomic E-state index is 0.557. The molecule has 0 aromatic carbocycles. The highest BCUT2D eigenvalue weighted by atomic mass is 28.3. The summed E-state index contributed by atoms with van der Waals surface area (Å²) in [6.07, 6.45) is 8.94. The summed E-state index contributed by atoms with van der Waals surface area (Å²) in [5.74, 6) is 1.80. The van der Waals surface area contributed by atoms with Crippen molar-refractivity contribution in [3.05, 3.63) is 18.6 Å². The molecule has 0 saturated heterocycles. The summed E-state index contributed by atoms with van der Waals surface area (Å²) in [5.41, 5.74) is 7.35. The normalized spacial score (nSPS) is 27.0. The zero-order valence-electron chi connectivity index (χ0n) is 17.8. The highest BCUT2D eigenvalue weighted by Gasteiger charge is 2.53. The number of fused-ring (bicyclic) bond motifs is 1. The molecule has 0 radical (unpaired) electrons. The minimum atomic E-state index is -1.06. The minimum Gasteiger partial charge on any atom is -0.361 e. The summed E-state index contributed by atoms with van der Waals surface area (Å²) in [4.78, 5) is 11.5. The number of nitrogens with two attached hydrogens (primary N) is 1. The van der Waals surface area contributed by atoms with E-state index in [0.717, 1.165) is 35.9 Å². The van der Waals surface area contributed by atoms with Gasteiger partial charge in [-0.3, -0.25) is 0 Å². The maximum absolute atomic E-state index is 5.93. The van der Waals surface area contributed by atoms with Crippen molar-refractivity contribution in [2.45, 2.75) is 64.1 Å². The van der Waals surface area contributed by atoms with Crippen LogP contribution >= 0.6 is 0 Å². The van der Waals surface area contributed by atoms with Crippen molar-refractivity contribution in [2.75, 3.05) is 25.1 Å². The third-order valence-corrected chi connectivity index (χ3v) is 8.46. The van der Waals surface area contributed by atoms with Gasteiger partial charge in [0, 0.05) is 34.0 Å². The lowest BCUT2D eigenvalue weighted by Crippen LogP contribution is -2.56. The van der Waals surface area contributed by atoms with Crippen molar-refractivity contribution in [1.29, 1.82) is 0 Å². The van der Waals surface area contributed by atoms with Crippen LogP contribution in [0.2, 0.25) is 25.7 Å². The molecule has 4 rings (SSSR count). The van der Waals surface area contributed by atoms with Gasteiger partial charge in [0.15, 0.2) is 0 Å². The molecule has 2 fully saturated rings. The molecule has 0 amide bonds. The Balaban J connectivity index is 1.39. The van der Waals surface area contributed by atoms with E-state index in [4.69, 9.17) is 10.5 Å². The number of hydrogen-bond donors (Lipinski definition) is 1. The zero-order chi connectivity index (χ0) is 19.9. The Morgan fingerprint density at radius 2 is 2.00 bits per heavy atom. The average molecular weight is 402 g/mol. The van der Waals surface area contributed by atoms with Gasteiger partial charge >= 0.3 is 0 Å². The quantitative estimate of drug-likeness (QED) is 0.539. The van der Waals surface area contributed by atoms with Gasteiger partial charge < -0.3 is 19.9 Å². The maximum atomic E-state index is 5.93. The average Bonchev–Trinajstić information content (AvgIpc) is 2.98. The largest absolute Gasteiger partial charge is 0.361 e. The van der Waals surface area contributed by atoms with Crippen molar-refractivity contribution < 1.29 is 4.74 Å². The molecule has 2 aliphatic rings. The van der Waals surface area contributed by atoms with Gasteiger partial charge in [0.1, 0.15) is 24.5 Å². The SMILES string of the molecule is CN(c1ncnc2c1ccn2COCC[Si](C)(C)C)C1CC2(CC(CN)C2)C1. The Morgan fingerprint density at radius 3 is 2.68 bits per heavy atom. The number of nitrogens with zero attached hydrogens (tertiary/aromatic N) is 4. The highest BCUT2D eigenvalue weighted by Crippen LogP contribution is 2.59. The van der Waals surface area contributed by atoms with Gasteiger partial charge in [-0.15, -0.1) is 0 Å². The van der Waals surface area contributed by atoms with Crippen molar-refractivity contribution in [1.82, 2.24) is 14.5 Å². The van der Waals surface area contributed by atoms with Gasteiger partial charge in [-0.1, -0.05) is 19.6 Å². The predicted molar refractivity (Wildman–Crippen MR) is 117 cm³/mol. The Kier molecular flexibility index (Phi) is 5.27. The summed E-state index contributed by atoms with van der Waals surface area (Å²) >= 11 is 0. The number of ether oxygens (including phenoxy) is 1. The van der Waals surface area contributed by atoms with Crippen LogP contribution in [-0.4, -0.2) is 48.9 Å². The van der Waals surface area contributed by atoms with Gasteiger partial charge in [-0.25, -0.2) is 9.97 Å². The Labute approximate surface area is 169 Å². The number of anilines is 1. The Hall–Kier alpha value is -1.44. The number of hydrogen-bond acceptors (Lipinski definition) is 5. The third kappa shape index (κ3) is 3.84. The first-order valence-electron chi connectivity index (χ1n) is 10.6. The molecular formula is C21H35N5OSi. The third-order valence-electron chi connectivity index (χ3n) is 6.76. The zero-order valence-corrected chi connectivity index (χ0v) is 18.8. The van der Waals surface area contributed by atoms with Gasteiger partial charge in [0.25, 0.3) is 0 Å². The maximum Gasteiger partial charge on any atom is 0.147 e. The molecule has 0 unspecified atom stereocenters. The van der Waals surface area contributed by atoms with Crippen molar-refractivity contribution in [3.8, 4) is 0 Å². The van der Waals surface area contributed by atoms with Crippen LogP contribution in [0.25, 0.3) is 11.0 Å². The van der Waals surface area contributed by atoms with E-state index in [9.17, 15) is 0 Å².